The van der Waals surface area contributed by atoms with Crippen LogP contribution in [0, 0.1) is 13.8 Å². The van der Waals surface area contributed by atoms with E-state index < -0.39 is 0 Å². The summed E-state index contributed by atoms with van der Waals surface area (Å²) in [6, 6.07) is 3.48. The number of aryl methyl sites for hydroxylation is 2. The van der Waals surface area contributed by atoms with Gasteiger partial charge in [0.25, 0.3) is 0 Å². The summed E-state index contributed by atoms with van der Waals surface area (Å²) in [6.45, 7) is 8.60. The highest BCUT2D eigenvalue weighted by atomic mass is 16.5. The summed E-state index contributed by atoms with van der Waals surface area (Å²) in [5.41, 5.74) is 2.12. The van der Waals surface area contributed by atoms with Crippen LogP contribution in [-0.2, 0) is 16.1 Å². The van der Waals surface area contributed by atoms with Gasteiger partial charge in [0.05, 0.1) is 31.0 Å². The molecule has 134 valence electrons. The van der Waals surface area contributed by atoms with Crippen molar-refractivity contribution < 1.29 is 9.53 Å². The molecule has 1 saturated heterocycles. The molecule has 8 nitrogen and oxygen atoms in total. The summed E-state index contributed by atoms with van der Waals surface area (Å²) >= 11 is 0. The Kier molecular flexibility index (Phi) is 5.40. The second kappa shape index (κ2) is 7.71. The number of ether oxygens (including phenoxy) is 1. The van der Waals surface area contributed by atoms with Gasteiger partial charge in [-0.2, -0.15) is 5.10 Å². The van der Waals surface area contributed by atoms with E-state index in [4.69, 9.17) is 4.74 Å². The van der Waals surface area contributed by atoms with Crippen LogP contribution >= 0.6 is 0 Å². The van der Waals surface area contributed by atoms with Crippen LogP contribution in [0.2, 0.25) is 0 Å². The van der Waals surface area contributed by atoms with Gasteiger partial charge in [-0.15, -0.1) is 0 Å². The quantitative estimate of drug-likeness (QED) is 0.872. The summed E-state index contributed by atoms with van der Waals surface area (Å²) in [7, 11) is 0. The van der Waals surface area contributed by atoms with Gasteiger partial charge in [0.15, 0.2) is 0 Å². The predicted molar refractivity (Wildman–Crippen MR) is 93.1 cm³/mol. The first-order chi connectivity index (χ1) is 12.0. The highest BCUT2D eigenvalue weighted by Crippen LogP contribution is 2.13. The SMILES string of the molecule is Cc1cc(C)n(C[C@@H]2CN([C@@H](C)C(=O)Nc3ncccn3)CCO2)n1. The molecular weight excluding hydrogens is 320 g/mol. The molecule has 3 rings (SSSR count). The molecule has 0 aliphatic carbocycles. The molecule has 2 aromatic heterocycles. The van der Waals surface area contributed by atoms with Crippen LogP contribution in [0.15, 0.2) is 24.5 Å². The third-order valence-corrected chi connectivity index (χ3v) is 4.38. The van der Waals surface area contributed by atoms with E-state index in [0.29, 0.717) is 25.6 Å². The average Bonchev–Trinajstić information content (AvgIpc) is 2.92. The van der Waals surface area contributed by atoms with Crippen LogP contribution in [0.1, 0.15) is 18.3 Å². The molecule has 25 heavy (non-hydrogen) atoms. The Morgan fingerprint density at radius 3 is 2.84 bits per heavy atom. The smallest absolute Gasteiger partial charge is 0.243 e. The number of amides is 1. The second-order valence-electron chi connectivity index (χ2n) is 6.33. The van der Waals surface area contributed by atoms with Crippen molar-refractivity contribution in [2.75, 3.05) is 25.0 Å². The Morgan fingerprint density at radius 1 is 1.40 bits per heavy atom. The van der Waals surface area contributed by atoms with E-state index in [1.807, 2.05) is 25.5 Å². The van der Waals surface area contributed by atoms with Crippen LogP contribution in [0.4, 0.5) is 5.95 Å². The van der Waals surface area contributed by atoms with Crippen LogP contribution in [-0.4, -0.2) is 62.4 Å². The Morgan fingerprint density at radius 2 is 2.16 bits per heavy atom. The fourth-order valence-corrected chi connectivity index (χ4v) is 3.00. The molecule has 1 N–H and O–H groups in total. The molecule has 2 aromatic rings. The largest absolute Gasteiger partial charge is 0.374 e. The molecule has 0 saturated carbocycles. The topological polar surface area (TPSA) is 85.2 Å². The number of anilines is 1. The molecular formula is C17H24N6O2. The van der Waals surface area contributed by atoms with Crippen molar-refractivity contribution in [1.82, 2.24) is 24.6 Å². The molecule has 0 aromatic carbocycles. The van der Waals surface area contributed by atoms with Crippen LogP contribution in [0.25, 0.3) is 0 Å². The standard InChI is InChI=1S/C17H24N6O2/c1-12-9-13(2)23(21-12)11-15-10-22(7-8-25-15)14(3)16(24)20-17-18-5-4-6-19-17/h4-6,9,14-15H,7-8,10-11H2,1-3H3,(H,18,19,20,24)/t14-,15-/m0/s1. The molecule has 1 fully saturated rings. The molecule has 2 atom stereocenters. The highest BCUT2D eigenvalue weighted by Gasteiger charge is 2.28. The van der Waals surface area contributed by atoms with Gasteiger partial charge in [-0.3, -0.25) is 19.7 Å². The van der Waals surface area contributed by atoms with Crippen molar-refractivity contribution in [3.05, 3.63) is 35.9 Å². The Bertz CT molecular complexity index is 717. The lowest BCUT2D eigenvalue weighted by atomic mass is 10.2. The third kappa shape index (κ3) is 4.40. The van der Waals surface area contributed by atoms with Crippen molar-refractivity contribution in [3.63, 3.8) is 0 Å². The van der Waals surface area contributed by atoms with Gasteiger partial charge >= 0.3 is 0 Å². The van der Waals surface area contributed by atoms with Gasteiger partial charge in [0.1, 0.15) is 0 Å². The van der Waals surface area contributed by atoms with Crippen LogP contribution in [0.5, 0.6) is 0 Å². The lowest BCUT2D eigenvalue weighted by molar-refractivity contribution is -0.124. The molecule has 3 heterocycles. The fraction of sp³-hybridized carbons (Fsp3) is 0.529. The van der Waals surface area contributed by atoms with Gasteiger partial charge in [-0.05, 0) is 32.9 Å². The molecule has 1 aliphatic rings. The number of aromatic nitrogens is 4. The first-order valence-corrected chi connectivity index (χ1v) is 8.47. The van der Waals surface area contributed by atoms with Gasteiger partial charge in [0.2, 0.25) is 11.9 Å². The zero-order valence-corrected chi connectivity index (χ0v) is 14.8. The third-order valence-electron chi connectivity index (χ3n) is 4.38. The Labute approximate surface area is 147 Å². The van der Waals surface area contributed by atoms with Crippen molar-refractivity contribution in [2.24, 2.45) is 0 Å². The van der Waals surface area contributed by atoms with Crippen molar-refractivity contribution in [3.8, 4) is 0 Å². The number of morpholine rings is 1. The van der Waals surface area contributed by atoms with Gasteiger partial charge < -0.3 is 4.74 Å². The maximum Gasteiger partial charge on any atom is 0.243 e. The molecule has 8 heteroatoms. The maximum absolute atomic E-state index is 12.4. The number of carbonyl (C=O) groups is 1. The number of carbonyl (C=O) groups excluding carboxylic acids is 1. The summed E-state index contributed by atoms with van der Waals surface area (Å²) in [6.07, 6.45) is 3.22. The van der Waals surface area contributed by atoms with E-state index in [1.54, 1.807) is 18.5 Å². The number of rotatable bonds is 5. The molecule has 0 bridgehead atoms. The fourth-order valence-electron chi connectivity index (χ4n) is 3.00. The predicted octanol–water partition coefficient (Wildman–Crippen LogP) is 1.02. The van der Waals surface area contributed by atoms with Crippen LogP contribution in [0.3, 0.4) is 0 Å². The number of nitrogens with one attached hydrogen (secondary N) is 1. The lowest BCUT2D eigenvalue weighted by Crippen LogP contribution is -2.51. The normalized spacial score (nSPS) is 19.6. The minimum atomic E-state index is -0.282. The molecule has 0 radical (unpaired) electrons. The zero-order valence-electron chi connectivity index (χ0n) is 14.8. The van der Waals surface area contributed by atoms with Gasteiger partial charge in [-0.1, -0.05) is 0 Å². The van der Waals surface area contributed by atoms with E-state index in [9.17, 15) is 4.79 Å². The summed E-state index contributed by atoms with van der Waals surface area (Å²) in [5, 5.41) is 7.24. The van der Waals surface area contributed by atoms with Crippen molar-refractivity contribution >= 4 is 11.9 Å². The molecule has 0 spiro atoms. The summed E-state index contributed by atoms with van der Waals surface area (Å²) < 4.78 is 7.83. The van der Waals surface area contributed by atoms with Gasteiger partial charge in [-0.25, -0.2) is 9.97 Å². The minimum absolute atomic E-state index is 0.00924. The van der Waals surface area contributed by atoms with E-state index in [-0.39, 0.29) is 18.1 Å². The van der Waals surface area contributed by atoms with Crippen LogP contribution < -0.4 is 5.32 Å². The summed E-state index contributed by atoms with van der Waals surface area (Å²) in [5.74, 6) is 0.213. The zero-order chi connectivity index (χ0) is 17.8. The highest BCUT2D eigenvalue weighted by molar-refractivity contribution is 5.93. The maximum atomic E-state index is 12.4. The minimum Gasteiger partial charge on any atom is -0.374 e. The monoisotopic (exact) mass is 344 g/mol. The Balaban J connectivity index is 1.58. The molecule has 1 amide bonds. The Hall–Kier alpha value is -2.32. The lowest BCUT2D eigenvalue weighted by Gasteiger charge is -2.36. The van der Waals surface area contributed by atoms with Crippen molar-refractivity contribution in [2.45, 2.75) is 39.5 Å². The number of hydrogen-bond acceptors (Lipinski definition) is 6. The average molecular weight is 344 g/mol. The van der Waals surface area contributed by atoms with E-state index >= 15 is 0 Å². The van der Waals surface area contributed by atoms with E-state index in [1.165, 1.54) is 0 Å². The molecule has 1 aliphatic heterocycles. The first-order valence-electron chi connectivity index (χ1n) is 8.47. The molecule has 0 unspecified atom stereocenters. The van der Waals surface area contributed by atoms with Crippen molar-refractivity contribution in [1.29, 1.82) is 0 Å². The second-order valence-corrected chi connectivity index (χ2v) is 6.33. The number of hydrogen-bond donors (Lipinski definition) is 1. The first kappa shape index (κ1) is 17.5. The van der Waals surface area contributed by atoms with Gasteiger partial charge in [0, 0.05) is 31.2 Å². The number of nitrogens with zero attached hydrogens (tertiary/aromatic N) is 5. The van der Waals surface area contributed by atoms with E-state index in [2.05, 4.69) is 31.3 Å². The van der Waals surface area contributed by atoms with E-state index in [0.717, 1.165) is 17.9 Å². The summed E-state index contributed by atoms with van der Waals surface area (Å²) in [4.78, 5) is 22.6.